The van der Waals surface area contributed by atoms with Gasteiger partial charge in [-0.1, -0.05) is 12.1 Å². The maximum atomic E-state index is 12.4. The van der Waals surface area contributed by atoms with E-state index in [1.54, 1.807) is 12.1 Å². The molecule has 124 valence electrons. The monoisotopic (exact) mass is 308 g/mol. The SMILES string of the molecule is CCOCCNC(=O)[C@H](Cc1ccc(O)cc1)NC(C)(C)C. The number of benzene rings is 1. The minimum Gasteiger partial charge on any atom is -0.508 e. The van der Waals surface area contributed by atoms with Crippen LogP contribution < -0.4 is 10.6 Å². The van der Waals surface area contributed by atoms with Crippen molar-refractivity contribution in [1.29, 1.82) is 0 Å². The Kier molecular flexibility index (Phi) is 7.35. The van der Waals surface area contributed by atoms with Crippen molar-refractivity contribution in [3.8, 4) is 5.75 Å². The topological polar surface area (TPSA) is 70.6 Å². The van der Waals surface area contributed by atoms with E-state index in [2.05, 4.69) is 10.6 Å². The van der Waals surface area contributed by atoms with Crippen LogP contribution in [0.3, 0.4) is 0 Å². The van der Waals surface area contributed by atoms with E-state index in [9.17, 15) is 9.90 Å². The molecule has 0 fully saturated rings. The number of hydrogen-bond acceptors (Lipinski definition) is 4. The molecule has 0 aliphatic heterocycles. The molecule has 0 saturated heterocycles. The molecule has 3 N–H and O–H groups in total. The molecule has 5 heteroatoms. The van der Waals surface area contributed by atoms with Crippen LogP contribution in [0.1, 0.15) is 33.3 Å². The third-order valence-electron chi connectivity index (χ3n) is 3.05. The van der Waals surface area contributed by atoms with Gasteiger partial charge in [-0.3, -0.25) is 4.79 Å². The van der Waals surface area contributed by atoms with E-state index in [0.29, 0.717) is 26.2 Å². The van der Waals surface area contributed by atoms with Gasteiger partial charge in [-0.25, -0.2) is 0 Å². The van der Waals surface area contributed by atoms with Gasteiger partial charge in [0, 0.05) is 18.7 Å². The van der Waals surface area contributed by atoms with Crippen molar-refractivity contribution >= 4 is 5.91 Å². The summed E-state index contributed by atoms with van der Waals surface area (Å²) in [6.45, 7) is 9.69. The Bertz CT molecular complexity index is 452. The lowest BCUT2D eigenvalue weighted by molar-refractivity contribution is -0.123. The Morgan fingerprint density at radius 3 is 2.45 bits per heavy atom. The van der Waals surface area contributed by atoms with Gasteiger partial charge in [0.25, 0.3) is 0 Å². The predicted octanol–water partition coefficient (Wildman–Crippen LogP) is 1.84. The number of rotatable bonds is 8. The molecule has 1 aromatic rings. The van der Waals surface area contributed by atoms with Crippen LogP contribution in [0.2, 0.25) is 0 Å². The first-order valence-electron chi connectivity index (χ1n) is 7.73. The van der Waals surface area contributed by atoms with Crippen molar-refractivity contribution < 1.29 is 14.6 Å². The van der Waals surface area contributed by atoms with Crippen LogP contribution in [0.25, 0.3) is 0 Å². The molecule has 1 rings (SSSR count). The third-order valence-corrected chi connectivity index (χ3v) is 3.05. The van der Waals surface area contributed by atoms with Crippen LogP contribution in [0.4, 0.5) is 0 Å². The van der Waals surface area contributed by atoms with Gasteiger partial charge in [-0.2, -0.15) is 0 Å². The number of amides is 1. The van der Waals surface area contributed by atoms with E-state index >= 15 is 0 Å². The van der Waals surface area contributed by atoms with E-state index in [4.69, 9.17) is 4.74 Å². The summed E-state index contributed by atoms with van der Waals surface area (Å²) < 4.78 is 5.23. The van der Waals surface area contributed by atoms with Crippen molar-refractivity contribution in [2.45, 2.75) is 45.7 Å². The zero-order valence-electron chi connectivity index (χ0n) is 14.0. The summed E-state index contributed by atoms with van der Waals surface area (Å²) in [6.07, 6.45) is 0.567. The minimum atomic E-state index is -0.328. The number of nitrogens with one attached hydrogen (secondary N) is 2. The lowest BCUT2D eigenvalue weighted by Crippen LogP contribution is -2.53. The number of hydrogen-bond donors (Lipinski definition) is 3. The number of aromatic hydroxyl groups is 1. The highest BCUT2D eigenvalue weighted by Crippen LogP contribution is 2.13. The van der Waals surface area contributed by atoms with Crippen LogP contribution in [0.5, 0.6) is 5.75 Å². The lowest BCUT2D eigenvalue weighted by Gasteiger charge is -2.28. The molecule has 22 heavy (non-hydrogen) atoms. The van der Waals surface area contributed by atoms with E-state index in [1.807, 2.05) is 39.8 Å². The summed E-state index contributed by atoms with van der Waals surface area (Å²) >= 11 is 0. The smallest absolute Gasteiger partial charge is 0.237 e. The first-order valence-corrected chi connectivity index (χ1v) is 7.73. The molecule has 0 aliphatic rings. The van der Waals surface area contributed by atoms with Gasteiger partial charge in [-0.15, -0.1) is 0 Å². The molecule has 1 aromatic carbocycles. The van der Waals surface area contributed by atoms with E-state index in [-0.39, 0.29) is 23.2 Å². The summed E-state index contributed by atoms with van der Waals surface area (Å²) in [5.74, 6) is 0.188. The summed E-state index contributed by atoms with van der Waals surface area (Å²) in [6, 6.07) is 6.61. The Balaban J connectivity index is 2.66. The number of carbonyl (C=O) groups excluding carboxylic acids is 1. The van der Waals surface area contributed by atoms with E-state index < -0.39 is 0 Å². The minimum absolute atomic E-state index is 0.0392. The summed E-state index contributed by atoms with van der Waals surface area (Å²) in [7, 11) is 0. The normalized spacial score (nSPS) is 12.9. The van der Waals surface area contributed by atoms with E-state index in [0.717, 1.165) is 5.56 Å². The van der Waals surface area contributed by atoms with Crippen molar-refractivity contribution in [3.05, 3.63) is 29.8 Å². The second-order valence-electron chi connectivity index (χ2n) is 6.31. The molecule has 0 saturated carbocycles. The van der Waals surface area contributed by atoms with Gasteiger partial charge in [0.1, 0.15) is 5.75 Å². The van der Waals surface area contributed by atoms with Crippen LogP contribution in [0.15, 0.2) is 24.3 Å². The molecule has 5 nitrogen and oxygen atoms in total. The van der Waals surface area contributed by atoms with Gasteiger partial charge in [0.15, 0.2) is 0 Å². The average Bonchev–Trinajstić information content (AvgIpc) is 2.43. The fraction of sp³-hybridized carbons (Fsp3) is 0.588. The number of phenols is 1. The van der Waals surface area contributed by atoms with Gasteiger partial charge >= 0.3 is 0 Å². The molecular formula is C17H28N2O3. The van der Waals surface area contributed by atoms with Crippen molar-refractivity contribution in [3.63, 3.8) is 0 Å². The number of ether oxygens (including phenoxy) is 1. The second kappa shape index (κ2) is 8.76. The highest BCUT2D eigenvalue weighted by molar-refractivity contribution is 5.82. The number of carbonyl (C=O) groups is 1. The van der Waals surface area contributed by atoms with Crippen molar-refractivity contribution in [2.24, 2.45) is 0 Å². The molecular weight excluding hydrogens is 280 g/mol. The standard InChI is InChI=1S/C17H28N2O3/c1-5-22-11-10-18-16(21)15(19-17(2,3)4)12-13-6-8-14(20)9-7-13/h6-9,15,19-20H,5,10-12H2,1-4H3,(H,18,21)/t15-/m0/s1. The Hall–Kier alpha value is -1.59. The maximum Gasteiger partial charge on any atom is 0.237 e. The summed E-state index contributed by atoms with van der Waals surface area (Å²) in [5.41, 5.74) is 0.832. The predicted molar refractivity (Wildman–Crippen MR) is 88.0 cm³/mol. The van der Waals surface area contributed by atoms with Crippen LogP contribution >= 0.6 is 0 Å². The molecule has 0 bridgehead atoms. The average molecular weight is 308 g/mol. The van der Waals surface area contributed by atoms with E-state index in [1.165, 1.54) is 0 Å². The molecule has 1 atom stereocenters. The molecule has 0 aliphatic carbocycles. The quantitative estimate of drug-likeness (QED) is 0.641. The first kappa shape index (κ1) is 18.5. The fourth-order valence-corrected chi connectivity index (χ4v) is 2.11. The molecule has 0 radical (unpaired) electrons. The fourth-order valence-electron chi connectivity index (χ4n) is 2.11. The second-order valence-corrected chi connectivity index (χ2v) is 6.31. The third kappa shape index (κ3) is 7.43. The van der Waals surface area contributed by atoms with Crippen LogP contribution in [0, 0.1) is 0 Å². The summed E-state index contributed by atoms with van der Waals surface area (Å²) in [5, 5.41) is 15.6. The maximum absolute atomic E-state index is 12.4. The largest absolute Gasteiger partial charge is 0.508 e. The van der Waals surface area contributed by atoms with Crippen LogP contribution in [-0.4, -0.2) is 42.4 Å². The zero-order valence-corrected chi connectivity index (χ0v) is 14.0. The number of phenolic OH excluding ortho intramolecular Hbond substituents is 1. The molecule has 0 heterocycles. The highest BCUT2D eigenvalue weighted by atomic mass is 16.5. The zero-order chi connectivity index (χ0) is 16.6. The lowest BCUT2D eigenvalue weighted by atomic mass is 10.0. The first-order chi connectivity index (χ1) is 10.3. The van der Waals surface area contributed by atoms with Gasteiger partial charge < -0.3 is 20.5 Å². The van der Waals surface area contributed by atoms with Crippen molar-refractivity contribution in [2.75, 3.05) is 19.8 Å². The van der Waals surface area contributed by atoms with Crippen LogP contribution in [-0.2, 0) is 16.0 Å². The van der Waals surface area contributed by atoms with Gasteiger partial charge in [0.2, 0.25) is 5.91 Å². The van der Waals surface area contributed by atoms with Gasteiger partial charge in [0.05, 0.1) is 12.6 Å². The Morgan fingerprint density at radius 1 is 1.27 bits per heavy atom. The molecule has 0 aromatic heterocycles. The molecule has 1 amide bonds. The highest BCUT2D eigenvalue weighted by Gasteiger charge is 2.23. The Labute approximate surface area is 133 Å². The van der Waals surface area contributed by atoms with Gasteiger partial charge in [-0.05, 0) is 51.8 Å². The summed E-state index contributed by atoms with van der Waals surface area (Å²) in [4.78, 5) is 12.4. The van der Waals surface area contributed by atoms with Crippen molar-refractivity contribution in [1.82, 2.24) is 10.6 Å². The molecule has 0 unspecified atom stereocenters. The molecule has 0 spiro atoms. The Morgan fingerprint density at radius 2 is 1.91 bits per heavy atom.